The first-order valence-electron chi connectivity index (χ1n) is 8.64. The zero-order valence-corrected chi connectivity index (χ0v) is 16.0. The standard InChI is InChI=1S/C22H20O2S2/c1-2-4-19(5-3-1)25-21-10-12-22(13-11-21)26-20-8-6-17(7-9-20)14-23-15-18-16-24-18/h1-13,18H,14-16H2/t18-/m1/s1. The summed E-state index contributed by atoms with van der Waals surface area (Å²) in [6.45, 7) is 2.19. The zero-order chi connectivity index (χ0) is 17.6. The molecule has 0 spiro atoms. The molecular weight excluding hydrogens is 360 g/mol. The lowest BCUT2D eigenvalue weighted by Crippen LogP contribution is -2.01. The number of ether oxygens (including phenoxy) is 2. The Morgan fingerprint density at radius 2 is 1.23 bits per heavy atom. The van der Waals surface area contributed by atoms with Gasteiger partial charge in [0.2, 0.25) is 0 Å². The number of hydrogen-bond acceptors (Lipinski definition) is 4. The van der Waals surface area contributed by atoms with Gasteiger partial charge in [-0.1, -0.05) is 53.9 Å². The third-order valence-corrected chi connectivity index (χ3v) is 5.97. The van der Waals surface area contributed by atoms with Crippen LogP contribution in [-0.4, -0.2) is 19.3 Å². The van der Waals surface area contributed by atoms with Crippen LogP contribution in [0.3, 0.4) is 0 Å². The van der Waals surface area contributed by atoms with E-state index in [0.29, 0.717) is 19.3 Å². The Morgan fingerprint density at radius 1 is 0.731 bits per heavy atom. The average Bonchev–Trinajstić information content (AvgIpc) is 3.50. The van der Waals surface area contributed by atoms with Gasteiger partial charge in [-0.15, -0.1) is 0 Å². The predicted octanol–water partition coefficient (Wildman–Crippen LogP) is 5.90. The molecule has 1 aliphatic heterocycles. The minimum absolute atomic E-state index is 0.327. The Balaban J connectivity index is 1.30. The van der Waals surface area contributed by atoms with E-state index >= 15 is 0 Å². The van der Waals surface area contributed by atoms with E-state index in [9.17, 15) is 0 Å². The van der Waals surface area contributed by atoms with Gasteiger partial charge < -0.3 is 9.47 Å². The van der Waals surface area contributed by atoms with Crippen molar-refractivity contribution in [3.8, 4) is 0 Å². The quantitative estimate of drug-likeness (QED) is 0.453. The van der Waals surface area contributed by atoms with Gasteiger partial charge in [0, 0.05) is 19.6 Å². The fourth-order valence-corrected chi connectivity index (χ4v) is 4.12. The molecule has 4 heteroatoms. The Hall–Kier alpha value is -1.72. The topological polar surface area (TPSA) is 21.8 Å². The molecule has 0 aliphatic carbocycles. The number of rotatable bonds is 8. The maximum Gasteiger partial charge on any atom is 0.104 e. The highest BCUT2D eigenvalue weighted by atomic mass is 32.2. The van der Waals surface area contributed by atoms with E-state index in [-0.39, 0.29) is 0 Å². The third kappa shape index (κ3) is 5.39. The maximum atomic E-state index is 5.63. The van der Waals surface area contributed by atoms with E-state index < -0.39 is 0 Å². The fraction of sp³-hybridized carbons (Fsp3) is 0.182. The van der Waals surface area contributed by atoms with Crippen molar-refractivity contribution in [1.29, 1.82) is 0 Å². The molecule has 0 bridgehead atoms. The van der Waals surface area contributed by atoms with Crippen molar-refractivity contribution in [2.45, 2.75) is 32.3 Å². The van der Waals surface area contributed by atoms with Crippen LogP contribution in [0, 0.1) is 0 Å². The lowest BCUT2D eigenvalue weighted by Gasteiger charge is -2.06. The molecule has 1 heterocycles. The second-order valence-electron chi connectivity index (χ2n) is 6.10. The summed E-state index contributed by atoms with van der Waals surface area (Å²) in [7, 11) is 0. The van der Waals surface area contributed by atoms with Gasteiger partial charge in [0.05, 0.1) is 19.8 Å². The molecule has 2 nitrogen and oxygen atoms in total. The highest BCUT2D eigenvalue weighted by Crippen LogP contribution is 2.32. The molecular formula is C22H20O2S2. The van der Waals surface area contributed by atoms with Crippen molar-refractivity contribution in [2.75, 3.05) is 13.2 Å². The van der Waals surface area contributed by atoms with E-state index in [4.69, 9.17) is 9.47 Å². The molecule has 26 heavy (non-hydrogen) atoms. The predicted molar refractivity (Wildman–Crippen MR) is 107 cm³/mol. The lowest BCUT2D eigenvalue weighted by molar-refractivity contribution is 0.104. The van der Waals surface area contributed by atoms with Crippen molar-refractivity contribution in [3.63, 3.8) is 0 Å². The van der Waals surface area contributed by atoms with Crippen molar-refractivity contribution in [3.05, 3.63) is 84.4 Å². The second-order valence-corrected chi connectivity index (χ2v) is 8.40. The normalized spacial score (nSPS) is 15.8. The number of benzene rings is 3. The van der Waals surface area contributed by atoms with Gasteiger partial charge in [0.25, 0.3) is 0 Å². The second kappa shape index (κ2) is 8.78. The van der Waals surface area contributed by atoms with E-state index in [1.54, 1.807) is 23.5 Å². The first-order valence-corrected chi connectivity index (χ1v) is 10.3. The molecule has 132 valence electrons. The molecule has 0 saturated carbocycles. The van der Waals surface area contributed by atoms with Gasteiger partial charge in [-0.3, -0.25) is 0 Å². The van der Waals surface area contributed by atoms with Crippen LogP contribution in [0.25, 0.3) is 0 Å². The number of hydrogen-bond donors (Lipinski definition) is 0. The Kier molecular flexibility index (Phi) is 5.97. The minimum atomic E-state index is 0.327. The summed E-state index contributed by atoms with van der Waals surface area (Å²) in [5.74, 6) is 0. The van der Waals surface area contributed by atoms with Crippen molar-refractivity contribution in [1.82, 2.24) is 0 Å². The minimum Gasteiger partial charge on any atom is -0.374 e. The summed E-state index contributed by atoms with van der Waals surface area (Å²) < 4.78 is 10.8. The maximum absolute atomic E-state index is 5.63. The molecule has 0 radical (unpaired) electrons. The van der Waals surface area contributed by atoms with Crippen molar-refractivity contribution in [2.24, 2.45) is 0 Å². The van der Waals surface area contributed by atoms with Gasteiger partial charge in [-0.2, -0.15) is 0 Å². The Labute approximate surface area is 162 Å². The van der Waals surface area contributed by atoms with Crippen molar-refractivity contribution >= 4 is 23.5 Å². The highest BCUT2D eigenvalue weighted by Gasteiger charge is 2.22. The largest absolute Gasteiger partial charge is 0.374 e. The first kappa shape index (κ1) is 17.7. The Bertz CT molecular complexity index is 813. The summed E-state index contributed by atoms with van der Waals surface area (Å²) in [5.41, 5.74) is 1.20. The molecule has 0 unspecified atom stereocenters. The third-order valence-electron chi connectivity index (χ3n) is 3.94. The van der Waals surface area contributed by atoms with Crippen LogP contribution in [0.2, 0.25) is 0 Å². The summed E-state index contributed by atoms with van der Waals surface area (Å²) >= 11 is 3.57. The fourth-order valence-electron chi connectivity index (χ4n) is 2.46. The molecule has 1 aliphatic rings. The van der Waals surface area contributed by atoms with Crippen LogP contribution in [0.4, 0.5) is 0 Å². The van der Waals surface area contributed by atoms with Gasteiger partial charge in [-0.25, -0.2) is 0 Å². The van der Waals surface area contributed by atoms with Gasteiger partial charge >= 0.3 is 0 Å². The van der Waals surface area contributed by atoms with Crippen LogP contribution in [0.15, 0.2) is 98.4 Å². The number of epoxide rings is 1. The zero-order valence-electron chi connectivity index (χ0n) is 14.3. The molecule has 3 aromatic rings. The molecule has 4 rings (SSSR count). The van der Waals surface area contributed by atoms with Crippen LogP contribution in [0.5, 0.6) is 0 Å². The van der Waals surface area contributed by atoms with Crippen LogP contribution in [-0.2, 0) is 16.1 Å². The molecule has 1 atom stereocenters. The van der Waals surface area contributed by atoms with Crippen LogP contribution >= 0.6 is 23.5 Å². The lowest BCUT2D eigenvalue weighted by atomic mass is 10.2. The van der Waals surface area contributed by atoms with Gasteiger partial charge in [0.15, 0.2) is 0 Å². The average molecular weight is 381 g/mol. The summed E-state index contributed by atoms with van der Waals surface area (Å²) in [6, 6.07) is 27.8. The van der Waals surface area contributed by atoms with E-state index in [1.165, 1.54) is 25.1 Å². The van der Waals surface area contributed by atoms with Crippen LogP contribution < -0.4 is 0 Å². The first-order chi connectivity index (χ1) is 12.8. The molecule has 0 N–H and O–H groups in total. The molecule has 0 aromatic heterocycles. The van der Waals surface area contributed by atoms with E-state index in [2.05, 4.69) is 72.8 Å². The summed E-state index contributed by atoms with van der Waals surface area (Å²) in [6.07, 6.45) is 0.327. The Morgan fingerprint density at radius 3 is 1.77 bits per heavy atom. The monoisotopic (exact) mass is 380 g/mol. The molecule has 0 amide bonds. The van der Waals surface area contributed by atoms with Crippen molar-refractivity contribution < 1.29 is 9.47 Å². The van der Waals surface area contributed by atoms with E-state index in [1.807, 2.05) is 6.07 Å². The smallest absolute Gasteiger partial charge is 0.104 e. The summed E-state index contributed by atoms with van der Waals surface area (Å²) in [5, 5.41) is 0. The van der Waals surface area contributed by atoms with Gasteiger partial charge in [-0.05, 0) is 54.1 Å². The molecule has 3 aromatic carbocycles. The van der Waals surface area contributed by atoms with Crippen LogP contribution in [0.1, 0.15) is 5.56 Å². The van der Waals surface area contributed by atoms with Gasteiger partial charge in [0.1, 0.15) is 6.10 Å². The summed E-state index contributed by atoms with van der Waals surface area (Å²) in [4.78, 5) is 5.01. The SMILES string of the molecule is c1ccc(Sc2ccc(Sc3ccc(COC[C@@H]4CO4)cc3)cc2)cc1. The van der Waals surface area contributed by atoms with E-state index in [0.717, 1.165) is 6.61 Å². The molecule has 1 saturated heterocycles. The molecule has 1 fully saturated rings. The highest BCUT2D eigenvalue weighted by molar-refractivity contribution is 7.99.